The Morgan fingerprint density at radius 2 is 1.96 bits per heavy atom. The van der Waals surface area contributed by atoms with E-state index in [1.165, 1.54) is 5.48 Å². The fourth-order valence-electron chi connectivity index (χ4n) is 2.43. The van der Waals surface area contributed by atoms with Gasteiger partial charge in [0.25, 0.3) is 11.8 Å². The van der Waals surface area contributed by atoms with E-state index in [2.05, 4.69) is 29.0 Å². The molecular formula is C20H23N3O4. The van der Waals surface area contributed by atoms with Gasteiger partial charge in [0.2, 0.25) is 0 Å². The van der Waals surface area contributed by atoms with Crippen LogP contribution in [-0.4, -0.2) is 40.3 Å². The van der Waals surface area contributed by atoms with Crippen LogP contribution in [0.2, 0.25) is 0 Å². The van der Waals surface area contributed by atoms with Gasteiger partial charge in [-0.1, -0.05) is 11.8 Å². The maximum absolute atomic E-state index is 12.3. The SMILES string of the molecule is CC(C)(N)[C@H](NC(=O)c1ccc(C#CC#C[C@@H]2C[C@@H]2CO)cc1)C(=O)NO. The summed E-state index contributed by atoms with van der Waals surface area (Å²) in [6.45, 7) is 3.30. The highest BCUT2D eigenvalue weighted by atomic mass is 16.5. The number of rotatable bonds is 5. The largest absolute Gasteiger partial charge is 0.396 e. The van der Waals surface area contributed by atoms with Gasteiger partial charge < -0.3 is 16.2 Å². The molecule has 142 valence electrons. The van der Waals surface area contributed by atoms with Crippen LogP contribution in [0, 0.1) is 35.5 Å². The van der Waals surface area contributed by atoms with Gasteiger partial charge in [0.05, 0.1) is 0 Å². The Kier molecular flexibility index (Phi) is 6.59. The number of benzene rings is 1. The second-order valence-corrected chi connectivity index (χ2v) is 7.09. The smallest absolute Gasteiger partial charge is 0.267 e. The molecule has 2 amide bonds. The predicted molar refractivity (Wildman–Crippen MR) is 99.2 cm³/mol. The van der Waals surface area contributed by atoms with Crippen molar-refractivity contribution in [3.8, 4) is 23.7 Å². The van der Waals surface area contributed by atoms with Crippen LogP contribution in [0.15, 0.2) is 24.3 Å². The van der Waals surface area contributed by atoms with Crippen molar-refractivity contribution in [3.05, 3.63) is 35.4 Å². The molecule has 1 aromatic carbocycles. The normalized spacial score (nSPS) is 18.9. The molecule has 2 rings (SSSR count). The Bertz CT molecular complexity index is 819. The zero-order chi connectivity index (χ0) is 20.0. The number of carbonyl (C=O) groups excluding carboxylic acids is 2. The maximum atomic E-state index is 12.3. The van der Waals surface area contributed by atoms with Crippen molar-refractivity contribution < 1.29 is 19.9 Å². The van der Waals surface area contributed by atoms with Crippen molar-refractivity contribution in [1.29, 1.82) is 0 Å². The van der Waals surface area contributed by atoms with Gasteiger partial charge in [-0.3, -0.25) is 14.8 Å². The Morgan fingerprint density at radius 1 is 1.30 bits per heavy atom. The van der Waals surface area contributed by atoms with E-state index in [0.717, 1.165) is 6.42 Å². The number of nitrogens with one attached hydrogen (secondary N) is 2. The summed E-state index contributed by atoms with van der Waals surface area (Å²) in [6, 6.07) is 5.40. The molecule has 1 aliphatic carbocycles. The summed E-state index contributed by atoms with van der Waals surface area (Å²) in [7, 11) is 0. The minimum atomic E-state index is -1.10. The van der Waals surface area contributed by atoms with Crippen molar-refractivity contribution in [3.63, 3.8) is 0 Å². The van der Waals surface area contributed by atoms with Gasteiger partial charge in [0.15, 0.2) is 0 Å². The van der Waals surface area contributed by atoms with Crippen LogP contribution in [0.1, 0.15) is 36.2 Å². The molecule has 0 unspecified atom stereocenters. The molecule has 0 spiro atoms. The van der Waals surface area contributed by atoms with E-state index >= 15 is 0 Å². The molecule has 0 aromatic heterocycles. The number of aliphatic hydroxyl groups is 1. The van der Waals surface area contributed by atoms with Crippen LogP contribution in [0.4, 0.5) is 0 Å². The van der Waals surface area contributed by atoms with Crippen LogP contribution in [0.3, 0.4) is 0 Å². The average Bonchev–Trinajstić information content (AvgIpc) is 3.40. The quantitative estimate of drug-likeness (QED) is 0.284. The van der Waals surface area contributed by atoms with E-state index in [0.29, 0.717) is 11.1 Å². The molecule has 7 nitrogen and oxygen atoms in total. The first kappa shape index (κ1) is 20.5. The monoisotopic (exact) mass is 369 g/mol. The van der Waals surface area contributed by atoms with Gasteiger partial charge in [0.1, 0.15) is 6.04 Å². The summed E-state index contributed by atoms with van der Waals surface area (Å²) in [5.41, 5.74) is 7.35. The number of nitrogens with two attached hydrogens (primary N) is 1. The Labute approximate surface area is 158 Å². The predicted octanol–water partition coefficient (Wildman–Crippen LogP) is 0.0110. The molecule has 6 N–H and O–H groups in total. The van der Waals surface area contributed by atoms with E-state index in [1.54, 1.807) is 38.1 Å². The fourth-order valence-corrected chi connectivity index (χ4v) is 2.43. The molecule has 27 heavy (non-hydrogen) atoms. The molecule has 1 aromatic rings. The zero-order valence-electron chi connectivity index (χ0n) is 15.2. The summed E-state index contributed by atoms with van der Waals surface area (Å²) < 4.78 is 0. The van der Waals surface area contributed by atoms with E-state index in [1.807, 2.05) is 0 Å². The minimum absolute atomic E-state index is 0.165. The molecule has 0 heterocycles. The molecule has 0 radical (unpaired) electrons. The first-order valence-electron chi connectivity index (χ1n) is 8.52. The van der Waals surface area contributed by atoms with Crippen molar-refractivity contribution in [2.24, 2.45) is 17.6 Å². The molecule has 1 fully saturated rings. The number of amides is 2. The van der Waals surface area contributed by atoms with Crippen LogP contribution in [0.5, 0.6) is 0 Å². The highest BCUT2D eigenvalue weighted by Crippen LogP contribution is 2.36. The van der Waals surface area contributed by atoms with E-state index < -0.39 is 23.4 Å². The Hall–Kier alpha value is -2.84. The van der Waals surface area contributed by atoms with E-state index in [-0.39, 0.29) is 18.4 Å². The first-order valence-corrected chi connectivity index (χ1v) is 8.52. The minimum Gasteiger partial charge on any atom is -0.396 e. The second kappa shape index (κ2) is 8.70. The van der Waals surface area contributed by atoms with Crippen molar-refractivity contribution >= 4 is 11.8 Å². The summed E-state index contributed by atoms with van der Waals surface area (Å²) in [4.78, 5) is 24.0. The van der Waals surface area contributed by atoms with Crippen LogP contribution < -0.4 is 16.5 Å². The number of aliphatic hydroxyl groups excluding tert-OH is 1. The maximum Gasteiger partial charge on any atom is 0.267 e. The number of hydroxylamine groups is 1. The lowest BCUT2D eigenvalue weighted by Crippen LogP contribution is -2.61. The topological polar surface area (TPSA) is 125 Å². The summed E-state index contributed by atoms with van der Waals surface area (Å²) in [5, 5.41) is 20.3. The van der Waals surface area contributed by atoms with Gasteiger partial charge in [0, 0.05) is 29.2 Å². The van der Waals surface area contributed by atoms with Crippen molar-refractivity contribution in [2.75, 3.05) is 6.61 Å². The molecule has 0 bridgehead atoms. The molecule has 7 heteroatoms. The van der Waals surface area contributed by atoms with E-state index in [4.69, 9.17) is 16.0 Å². The standard InChI is InChI=1S/C20H23N3O4/c1-20(2,21)17(19(26)23-27)22-18(25)14-9-7-13(8-10-14)5-3-4-6-15-11-16(15)12-24/h7-10,15-17,24,27H,11-12,21H2,1-2H3,(H,22,25)(H,23,26)/t15-,16-,17-/m1/s1. The van der Waals surface area contributed by atoms with Crippen LogP contribution >= 0.6 is 0 Å². The lowest BCUT2D eigenvalue weighted by Gasteiger charge is -2.29. The third-order valence-corrected chi connectivity index (χ3v) is 4.22. The zero-order valence-corrected chi connectivity index (χ0v) is 15.2. The van der Waals surface area contributed by atoms with Gasteiger partial charge in [-0.15, -0.1) is 0 Å². The molecule has 0 aliphatic heterocycles. The summed E-state index contributed by atoms with van der Waals surface area (Å²) in [6.07, 6.45) is 0.921. The molecule has 1 saturated carbocycles. The van der Waals surface area contributed by atoms with E-state index in [9.17, 15) is 9.59 Å². The highest BCUT2D eigenvalue weighted by molar-refractivity contribution is 5.97. The number of carbonyl (C=O) groups is 2. The lowest BCUT2D eigenvalue weighted by atomic mass is 9.95. The Balaban J connectivity index is 2.00. The lowest BCUT2D eigenvalue weighted by molar-refractivity contribution is -0.132. The van der Waals surface area contributed by atoms with Crippen LogP contribution in [-0.2, 0) is 4.79 Å². The molecule has 1 aliphatic rings. The highest BCUT2D eigenvalue weighted by Gasteiger charge is 2.34. The molecular weight excluding hydrogens is 346 g/mol. The van der Waals surface area contributed by atoms with Gasteiger partial charge >= 0.3 is 0 Å². The third kappa shape index (κ3) is 5.83. The fraction of sp³-hybridized carbons (Fsp3) is 0.400. The summed E-state index contributed by atoms with van der Waals surface area (Å²) in [5.74, 6) is 10.6. The average molecular weight is 369 g/mol. The van der Waals surface area contributed by atoms with Gasteiger partial charge in [-0.2, -0.15) is 0 Å². The van der Waals surface area contributed by atoms with Crippen molar-refractivity contribution in [2.45, 2.75) is 31.8 Å². The Morgan fingerprint density at radius 3 is 2.48 bits per heavy atom. The van der Waals surface area contributed by atoms with Crippen LogP contribution in [0.25, 0.3) is 0 Å². The molecule has 0 saturated heterocycles. The number of hydrogen-bond donors (Lipinski definition) is 5. The molecule has 3 atom stereocenters. The second-order valence-electron chi connectivity index (χ2n) is 7.09. The third-order valence-electron chi connectivity index (χ3n) is 4.22. The first-order chi connectivity index (χ1) is 12.8. The summed E-state index contributed by atoms with van der Waals surface area (Å²) >= 11 is 0. The van der Waals surface area contributed by atoms with Crippen molar-refractivity contribution in [1.82, 2.24) is 10.8 Å². The van der Waals surface area contributed by atoms with Gasteiger partial charge in [-0.05, 0) is 62.3 Å². The number of hydrogen-bond acceptors (Lipinski definition) is 5. The van der Waals surface area contributed by atoms with Gasteiger partial charge in [-0.25, -0.2) is 5.48 Å².